The van der Waals surface area contributed by atoms with Gasteiger partial charge in [0.15, 0.2) is 0 Å². The SMILES string of the molecule is CC(C)c1nn(C)c(NCc2ccn[nH]2)c1N. The largest absolute Gasteiger partial charge is 0.394 e. The summed E-state index contributed by atoms with van der Waals surface area (Å²) in [5.74, 6) is 1.17. The van der Waals surface area contributed by atoms with E-state index in [4.69, 9.17) is 5.73 Å². The molecule has 92 valence electrons. The quantitative estimate of drug-likeness (QED) is 0.747. The maximum absolute atomic E-state index is 6.07. The number of aromatic nitrogens is 4. The van der Waals surface area contributed by atoms with Crippen molar-refractivity contribution in [3.05, 3.63) is 23.7 Å². The van der Waals surface area contributed by atoms with Gasteiger partial charge in [-0.25, -0.2) is 0 Å². The summed E-state index contributed by atoms with van der Waals surface area (Å²) in [6.07, 6.45) is 1.73. The van der Waals surface area contributed by atoms with Gasteiger partial charge < -0.3 is 11.1 Å². The molecular weight excluding hydrogens is 216 g/mol. The molecule has 0 spiro atoms. The maximum Gasteiger partial charge on any atom is 0.148 e. The van der Waals surface area contributed by atoms with Crippen LogP contribution in [0.5, 0.6) is 0 Å². The summed E-state index contributed by atoms with van der Waals surface area (Å²) < 4.78 is 1.78. The molecule has 0 fully saturated rings. The number of rotatable bonds is 4. The maximum atomic E-state index is 6.07. The Hall–Kier alpha value is -1.98. The smallest absolute Gasteiger partial charge is 0.148 e. The number of nitrogen functional groups attached to an aromatic ring is 1. The number of nitrogens with two attached hydrogens (primary N) is 1. The van der Waals surface area contributed by atoms with Crippen LogP contribution in [0.3, 0.4) is 0 Å². The molecular formula is C11H18N6. The van der Waals surface area contributed by atoms with Gasteiger partial charge in [0.1, 0.15) is 5.82 Å². The first-order valence-electron chi connectivity index (χ1n) is 5.64. The van der Waals surface area contributed by atoms with Crippen molar-refractivity contribution in [2.45, 2.75) is 26.3 Å². The van der Waals surface area contributed by atoms with Crippen molar-refractivity contribution >= 4 is 11.5 Å². The van der Waals surface area contributed by atoms with Crippen LogP contribution in [0.1, 0.15) is 31.2 Å². The molecule has 17 heavy (non-hydrogen) atoms. The second kappa shape index (κ2) is 4.48. The normalized spacial score (nSPS) is 11.1. The van der Waals surface area contributed by atoms with Gasteiger partial charge in [-0.05, 0) is 12.0 Å². The van der Waals surface area contributed by atoms with Gasteiger partial charge in [0.05, 0.1) is 23.6 Å². The van der Waals surface area contributed by atoms with Crippen LogP contribution >= 0.6 is 0 Å². The van der Waals surface area contributed by atoms with Gasteiger partial charge in [-0.3, -0.25) is 9.78 Å². The predicted molar refractivity (Wildman–Crippen MR) is 67.6 cm³/mol. The zero-order valence-corrected chi connectivity index (χ0v) is 10.4. The van der Waals surface area contributed by atoms with Crippen LogP contribution < -0.4 is 11.1 Å². The van der Waals surface area contributed by atoms with Gasteiger partial charge in [-0.2, -0.15) is 10.2 Å². The van der Waals surface area contributed by atoms with Gasteiger partial charge in [0.25, 0.3) is 0 Å². The summed E-state index contributed by atoms with van der Waals surface area (Å²) in [5, 5.41) is 14.5. The van der Waals surface area contributed by atoms with E-state index in [1.54, 1.807) is 10.9 Å². The molecule has 0 saturated carbocycles. The fourth-order valence-electron chi connectivity index (χ4n) is 1.76. The molecule has 0 aliphatic rings. The molecule has 0 amide bonds. The molecule has 0 radical (unpaired) electrons. The molecule has 2 aromatic rings. The number of hydrogen-bond donors (Lipinski definition) is 3. The van der Waals surface area contributed by atoms with E-state index < -0.39 is 0 Å². The van der Waals surface area contributed by atoms with Crippen molar-refractivity contribution < 1.29 is 0 Å². The molecule has 4 N–H and O–H groups in total. The van der Waals surface area contributed by atoms with E-state index in [0.717, 1.165) is 22.9 Å². The average molecular weight is 234 g/mol. The predicted octanol–water partition coefficient (Wildman–Crippen LogP) is 1.46. The van der Waals surface area contributed by atoms with Gasteiger partial charge >= 0.3 is 0 Å². The molecule has 2 aromatic heterocycles. The van der Waals surface area contributed by atoms with E-state index in [2.05, 4.69) is 34.5 Å². The van der Waals surface area contributed by atoms with Crippen molar-refractivity contribution in [3.63, 3.8) is 0 Å². The van der Waals surface area contributed by atoms with E-state index in [-0.39, 0.29) is 0 Å². The topological polar surface area (TPSA) is 84.5 Å². The molecule has 2 heterocycles. The summed E-state index contributed by atoms with van der Waals surface area (Å²) in [5.41, 5.74) is 8.74. The standard InChI is InChI=1S/C11H18N6/c1-7(2)10-9(12)11(17(3)16-10)13-6-8-4-5-14-15-8/h4-5,7,13H,6,12H2,1-3H3,(H,14,15). The van der Waals surface area contributed by atoms with Crippen LogP contribution in [-0.2, 0) is 13.6 Å². The van der Waals surface area contributed by atoms with Gasteiger partial charge in [-0.1, -0.05) is 13.8 Å². The van der Waals surface area contributed by atoms with Crippen molar-refractivity contribution in [1.29, 1.82) is 0 Å². The molecule has 0 atom stereocenters. The van der Waals surface area contributed by atoms with Crippen molar-refractivity contribution in [3.8, 4) is 0 Å². The van der Waals surface area contributed by atoms with E-state index >= 15 is 0 Å². The fourth-order valence-corrected chi connectivity index (χ4v) is 1.76. The second-order valence-electron chi connectivity index (χ2n) is 4.36. The van der Waals surface area contributed by atoms with Crippen molar-refractivity contribution in [1.82, 2.24) is 20.0 Å². The third kappa shape index (κ3) is 2.25. The van der Waals surface area contributed by atoms with E-state index in [9.17, 15) is 0 Å². The van der Waals surface area contributed by atoms with Crippen molar-refractivity contribution in [2.24, 2.45) is 7.05 Å². The Labute approximate surface area is 100 Å². The summed E-state index contributed by atoms with van der Waals surface area (Å²) in [6, 6.07) is 1.92. The highest BCUT2D eigenvalue weighted by atomic mass is 15.3. The minimum Gasteiger partial charge on any atom is -0.394 e. The monoisotopic (exact) mass is 234 g/mol. The number of nitrogens with zero attached hydrogens (tertiary/aromatic N) is 3. The fraction of sp³-hybridized carbons (Fsp3) is 0.455. The van der Waals surface area contributed by atoms with Crippen molar-refractivity contribution in [2.75, 3.05) is 11.1 Å². The van der Waals surface area contributed by atoms with Gasteiger partial charge in [0, 0.05) is 13.2 Å². The molecule has 6 heteroatoms. The van der Waals surface area contributed by atoms with E-state index in [1.165, 1.54) is 0 Å². The van der Waals surface area contributed by atoms with Crippen LogP contribution in [0.4, 0.5) is 11.5 Å². The van der Waals surface area contributed by atoms with Crippen LogP contribution in [-0.4, -0.2) is 20.0 Å². The summed E-state index contributed by atoms with van der Waals surface area (Å²) in [6.45, 7) is 4.82. The lowest BCUT2D eigenvalue weighted by Crippen LogP contribution is -2.06. The Kier molecular flexibility index (Phi) is 3.03. The van der Waals surface area contributed by atoms with Crippen LogP contribution in [0.25, 0.3) is 0 Å². The highest BCUT2D eigenvalue weighted by Gasteiger charge is 2.15. The number of aryl methyl sites for hydroxylation is 1. The Morgan fingerprint density at radius 2 is 2.29 bits per heavy atom. The molecule has 6 nitrogen and oxygen atoms in total. The number of aromatic amines is 1. The highest BCUT2D eigenvalue weighted by molar-refractivity contribution is 5.65. The Morgan fingerprint density at radius 3 is 2.82 bits per heavy atom. The second-order valence-corrected chi connectivity index (χ2v) is 4.36. The number of hydrogen-bond acceptors (Lipinski definition) is 4. The minimum atomic E-state index is 0.323. The van der Waals surface area contributed by atoms with Gasteiger partial charge in [-0.15, -0.1) is 0 Å². The summed E-state index contributed by atoms with van der Waals surface area (Å²) in [7, 11) is 1.89. The number of H-pyrrole nitrogens is 1. The molecule has 0 unspecified atom stereocenters. The van der Waals surface area contributed by atoms with Crippen LogP contribution in [0.15, 0.2) is 12.3 Å². The first-order chi connectivity index (χ1) is 8.09. The minimum absolute atomic E-state index is 0.323. The first-order valence-corrected chi connectivity index (χ1v) is 5.64. The van der Waals surface area contributed by atoms with E-state index in [0.29, 0.717) is 12.5 Å². The zero-order chi connectivity index (χ0) is 12.4. The molecule has 2 rings (SSSR count). The van der Waals surface area contributed by atoms with Crippen LogP contribution in [0, 0.1) is 0 Å². The van der Waals surface area contributed by atoms with Gasteiger partial charge in [0.2, 0.25) is 0 Å². The first kappa shape index (κ1) is 11.5. The molecule has 0 saturated heterocycles. The lowest BCUT2D eigenvalue weighted by molar-refractivity contribution is 0.714. The third-order valence-corrected chi connectivity index (χ3v) is 2.66. The van der Waals surface area contributed by atoms with E-state index in [1.807, 2.05) is 13.1 Å². The third-order valence-electron chi connectivity index (χ3n) is 2.66. The number of anilines is 2. The average Bonchev–Trinajstić information content (AvgIpc) is 2.86. The lowest BCUT2D eigenvalue weighted by atomic mass is 10.1. The molecule has 0 aromatic carbocycles. The zero-order valence-electron chi connectivity index (χ0n) is 10.4. The Morgan fingerprint density at radius 1 is 1.53 bits per heavy atom. The summed E-state index contributed by atoms with van der Waals surface area (Å²) >= 11 is 0. The molecule has 0 bridgehead atoms. The number of nitrogens with one attached hydrogen (secondary N) is 2. The summed E-state index contributed by atoms with van der Waals surface area (Å²) in [4.78, 5) is 0. The molecule has 0 aliphatic carbocycles. The Bertz CT molecular complexity index is 482. The lowest BCUT2D eigenvalue weighted by Gasteiger charge is -2.06. The Balaban J connectivity index is 2.15. The molecule has 0 aliphatic heterocycles. The van der Waals surface area contributed by atoms with Crippen LogP contribution in [0.2, 0.25) is 0 Å². The highest BCUT2D eigenvalue weighted by Crippen LogP contribution is 2.27.